The number of amides is 1. The number of aromatic nitrogens is 1. The zero-order valence-electron chi connectivity index (χ0n) is 11.6. The van der Waals surface area contributed by atoms with Crippen molar-refractivity contribution in [1.82, 2.24) is 8.11 Å². The molecule has 0 fully saturated rings. The van der Waals surface area contributed by atoms with Gasteiger partial charge in [-0.1, -0.05) is 0 Å². The number of hydrogen-bond acceptors (Lipinski definition) is 2. The molecule has 0 radical (unpaired) electrons. The second-order valence-corrected chi connectivity index (χ2v) is 7.94. The van der Waals surface area contributed by atoms with Crippen LogP contribution in [0.1, 0.15) is 44.1 Å². The molecule has 0 atom stereocenters. The average Bonchev–Trinajstić information content (AvgIpc) is 2.66. The van der Waals surface area contributed by atoms with Crippen molar-refractivity contribution in [2.75, 3.05) is 0 Å². The molecule has 19 heavy (non-hydrogen) atoms. The molecule has 0 aliphatic carbocycles. The molecular formula is C14H18N2O2Te. The van der Waals surface area contributed by atoms with Gasteiger partial charge < -0.3 is 0 Å². The predicted molar refractivity (Wildman–Crippen MR) is 78.1 cm³/mol. The van der Waals surface area contributed by atoms with Gasteiger partial charge in [-0.25, -0.2) is 0 Å². The fourth-order valence-corrected chi connectivity index (χ4v) is 5.06. The third kappa shape index (κ3) is 2.77. The van der Waals surface area contributed by atoms with E-state index in [4.69, 9.17) is 0 Å². The van der Waals surface area contributed by atoms with Crippen LogP contribution < -0.4 is 10.9 Å². The van der Waals surface area contributed by atoms with E-state index >= 15 is 0 Å². The van der Waals surface area contributed by atoms with Crippen LogP contribution in [0.15, 0.2) is 23.0 Å². The standard InChI is InChI=1S/C14H18N2O2Te/c1-8(2)15-13(17)10-6-5-7-11-12(10)19-16(9(3)4)14(11)18/h5-9H,1-4H3,(H,15,17). The van der Waals surface area contributed by atoms with E-state index in [1.54, 1.807) is 6.07 Å². The van der Waals surface area contributed by atoms with Crippen molar-refractivity contribution in [2.24, 2.45) is 0 Å². The summed E-state index contributed by atoms with van der Waals surface area (Å²) in [6.07, 6.45) is 0. The second kappa shape index (κ2) is 5.52. The van der Waals surface area contributed by atoms with Crippen LogP contribution >= 0.6 is 0 Å². The minimum atomic E-state index is -0.783. The quantitative estimate of drug-likeness (QED) is 0.834. The summed E-state index contributed by atoms with van der Waals surface area (Å²) in [5, 5.41) is 3.61. The third-order valence-corrected chi connectivity index (χ3v) is 6.78. The van der Waals surface area contributed by atoms with Gasteiger partial charge in [-0.15, -0.1) is 0 Å². The van der Waals surface area contributed by atoms with E-state index < -0.39 is 20.7 Å². The fraction of sp³-hybridized carbons (Fsp3) is 0.429. The van der Waals surface area contributed by atoms with Crippen molar-refractivity contribution in [1.29, 1.82) is 0 Å². The number of carbonyl (C=O) groups is 1. The first kappa shape index (κ1) is 14.4. The Labute approximate surface area is 122 Å². The molecule has 1 amide bonds. The molecule has 1 N–H and O–H groups in total. The van der Waals surface area contributed by atoms with Crippen LogP contribution in [0.4, 0.5) is 0 Å². The van der Waals surface area contributed by atoms with Crippen molar-refractivity contribution in [3.63, 3.8) is 0 Å². The maximum atomic E-state index is 12.3. The van der Waals surface area contributed by atoms with Crippen LogP contribution in [-0.2, 0) is 0 Å². The Kier molecular flexibility index (Phi) is 4.17. The molecule has 0 aliphatic rings. The first-order chi connectivity index (χ1) is 8.91. The molecule has 0 aliphatic heterocycles. The van der Waals surface area contributed by atoms with E-state index in [9.17, 15) is 9.59 Å². The molecule has 0 bridgehead atoms. The van der Waals surface area contributed by atoms with Crippen LogP contribution in [0.25, 0.3) is 8.79 Å². The van der Waals surface area contributed by atoms with Gasteiger partial charge in [0.15, 0.2) is 0 Å². The summed E-state index contributed by atoms with van der Waals surface area (Å²) in [4.78, 5) is 24.4. The first-order valence-corrected chi connectivity index (χ1v) is 8.58. The van der Waals surface area contributed by atoms with E-state index in [2.05, 4.69) is 5.32 Å². The van der Waals surface area contributed by atoms with Gasteiger partial charge in [0.1, 0.15) is 0 Å². The number of hydrogen-bond donors (Lipinski definition) is 1. The number of carbonyl (C=O) groups excluding carboxylic acids is 1. The van der Waals surface area contributed by atoms with Gasteiger partial charge in [0, 0.05) is 0 Å². The Morgan fingerprint density at radius 1 is 1.26 bits per heavy atom. The van der Waals surface area contributed by atoms with Crippen molar-refractivity contribution < 1.29 is 4.79 Å². The van der Waals surface area contributed by atoms with E-state index in [0.717, 1.165) is 3.40 Å². The first-order valence-electron chi connectivity index (χ1n) is 6.37. The van der Waals surface area contributed by atoms with Gasteiger partial charge in [-0.05, 0) is 0 Å². The Balaban J connectivity index is 2.61. The minimum absolute atomic E-state index is 0.0737. The SMILES string of the molecule is CC(C)NC(=O)c1cccc2c(=O)n(C(C)C)[te]c12. The Morgan fingerprint density at radius 3 is 2.53 bits per heavy atom. The van der Waals surface area contributed by atoms with Crippen LogP contribution in [-0.4, -0.2) is 35.5 Å². The van der Waals surface area contributed by atoms with Crippen LogP contribution in [0.5, 0.6) is 0 Å². The predicted octanol–water partition coefficient (Wildman–Crippen LogP) is 1.78. The van der Waals surface area contributed by atoms with Crippen LogP contribution in [0.2, 0.25) is 0 Å². The maximum absolute atomic E-state index is 12.3. The number of fused-ring (bicyclic) bond motifs is 1. The summed E-state index contributed by atoms with van der Waals surface area (Å²) >= 11 is -0.783. The zero-order chi connectivity index (χ0) is 14.2. The van der Waals surface area contributed by atoms with Gasteiger partial charge in [-0.2, -0.15) is 0 Å². The molecule has 0 unspecified atom stereocenters. The normalized spacial score (nSPS) is 11.5. The molecule has 0 spiro atoms. The molecule has 5 heteroatoms. The topological polar surface area (TPSA) is 51.1 Å². The monoisotopic (exact) mass is 376 g/mol. The van der Waals surface area contributed by atoms with E-state index in [-0.39, 0.29) is 23.6 Å². The number of nitrogens with zero attached hydrogens (tertiary/aromatic N) is 1. The van der Waals surface area contributed by atoms with Gasteiger partial charge in [-0.3, -0.25) is 0 Å². The average molecular weight is 374 g/mol. The van der Waals surface area contributed by atoms with Crippen molar-refractivity contribution in [3.05, 3.63) is 34.1 Å². The molecule has 2 rings (SSSR count). The van der Waals surface area contributed by atoms with Gasteiger partial charge in [0.05, 0.1) is 0 Å². The Hall–Kier alpha value is -1.05. The third-order valence-electron chi connectivity index (χ3n) is 2.77. The number of rotatable bonds is 3. The molecular weight excluding hydrogens is 356 g/mol. The number of nitrogens with one attached hydrogen (secondary N) is 1. The molecule has 2 aromatic rings. The molecule has 102 valence electrons. The van der Waals surface area contributed by atoms with Crippen molar-refractivity contribution in [3.8, 4) is 0 Å². The van der Waals surface area contributed by atoms with E-state index in [1.165, 1.54) is 0 Å². The van der Waals surface area contributed by atoms with Gasteiger partial charge >= 0.3 is 122 Å². The van der Waals surface area contributed by atoms with Crippen molar-refractivity contribution in [2.45, 2.75) is 39.8 Å². The number of benzene rings is 1. The van der Waals surface area contributed by atoms with Gasteiger partial charge in [0.2, 0.25) is 0 Å². The summed E-state index contributed by atoms with van der Waals surface area (Å²) in [5.74, 6) is -0.0737. The van der Waals surface area contributed by atoms with Crippen molar-refractivity contribution >= 4 is 35.4 Å². The molecule has 4 nitrogen and oxygen atoms in total. The Bertz CT molecular complexity index is 668. The Morgan fingerprint density at radius 2 is 1.95 bits per heavy atom. The summed E-state index contributed by atoms with van der Waals surface area (Å²) < 4.78 is 2.90. The zero-order valence-corrected chi connectivity index (χ0v) is 13.9. The molecule has 0 saturated carbocycles. The summed E-state index contributed by atoms with van der Waals surface area (Å²) in [5.41, 5.74) is 0.747. The summed E-state index contributed by atoms with van der Waals surface area (Å²) in [6, 6.07) is 5.74. The molecule has 1 aromatic heterocycles. The summed E-state index contributed by atoms with van der Waals surface area (Å²) in [6.45, 7) is 7.90. The van der Waals surface area contributed by atoms with E-state index in [0.29, 0.717) is 10.9 Å². The molecule has 0 saturated heterocycles. The van der Waals surface area contributed by atoms with Gasteiger partial charge in [0.25, 0.3) is 0 Å². The fourth-order valence-electron chi connectivity index (χ4n) is 1.92. The van der Waals surface area contributed by atoms with Crippen LogP contribution in [0, 0.1) is 0 Å². The van der Waals surface area contributed by atoms with Crippen LogP contribution in [0.3, 0.4) is 0 Å². The molecule has 1 heterocycles. The second-order valence-electron chi connectivity index (χ2n) is 5.13. The van der Waals surface area contributed by atoms with E-state index in [1.807, 2.05) is 42.6 Å². The molecule has 1 aromatic carbocycles. The summed E-state index contributed by atoms with van der Waals surface area (Å²) in [7, 11) is 0.